The van der Waals surface area contributed by atoms with Gasteiger partial charge in [0, 0.05) is 25.0 Å². The van der Waals surface area contributed by atoms with Crippen molar-refractivity contribution in [1.29, 1.82) is 0 Å². The summed E-state index contributed by atoms with van der Waals surface area (Å²) in [6.45, 7) is 0.901. The highest BCUT2D eigenvalue weighted by molar-refractivity contribution is 7.12. The summed E-state index contributed by atoms with van der Waals surface area (Å²) >= 11 is 1.53. The lowest BCUT2D eigenvalue weighted by molar-refractivity contribution is 0.0735. The maximum absolute atomic E-state index is 12.5. The lowest BCUT2D eigenvalue weighted by atomic mass is 10.0. The van der Waals surface area contributed by atoms with Crippen LogP contribution in [0.15, 0.2) is 42.0 Å². The number of aromatic nitrogens is 1. The summed E-state index contributed by atoms with van der Waals surface area (Å²) in [5.74, 6) is 0.206. The van der Waals surface area contributed by atoms with Gasteiger partial charge in [0.25, 0.3) is 5.91 Å². The first kappa shape index (κ1) is 13.3. The quantitative estimate of drug-likeness (QED) is 0.863. The molecule has 1 aliphatic rings. The first-order valence-corrected chi connectivity index (χ1v) is 7.96. The van der Waals surface area contributed by atoms with Crippen LogP contribution < -0.4 is 0 Å². The van der Waals surface area contributed by atoms with Gasteiger partial charge in [0.05, 0.1) is 4.88 Å². The van der Waals surface area contributed by atoms with Gasteiger partial charge in [0.15, 0.2) is 0 Å². The fourth-order valence-electron chi connectivity index (χ4n) is 2.83. The van der Waals surface area contributed by atoms with E-state index in [2.05, 4.69) is 22.0 Å². The van der Waals surface area contributed by atoms with Gasteiger partial charge in [-0.05, 0) is 54.8 Å². The zero-order chi connectivity index (χ0) is 13.8. The molecule has 3 rings (SSSR count). The fourth-order valence-corrected chi connectivity index (χ4v) is 3.51. The van der Waals surface area contributed by atoms with Crippen molar-refractivity contribution in [2.75, 3.05) is 6.54 Å². The second-order valence-corrected chi connectivity index (χ2v) is 6.11. The summed E-state index contributed by atoms with van der Waals surface area (Å²) in [4.78, 5) is 19.4. The van der Waals surface area contributed by atoms with E-state index in [1.54, 1.807) is 0 Å². The molecule has 0 spiro atoms. The van der Waals surface area contributed by atoms with Crippen molar-refractivity contribution in [3.8, 4) is 0 Å². The van der Waals surface area contributed by atoms with Crippen molar-refractivity contribution < 1.29 is 4.79 Å². The zero-order valence-corrected chi connectivity index (χ0v) is 12.2. The number of carbonyl (C=O) groups excluding carboxylic acids is 1. The number of hydrogen-bond donors (Lipinski definition) is 0. The number of rotatable bonds is 4. The summed E-state index contributed by atoms with van der Waals surface area (Å²) < 4.78 is 0. The second-order valence-electron chi connectivity index (χ2n) is 5.17. The molecule has 104 valence electrons. The summed E-state index contributed by atoms with van der Waals surface area (Å²) in [6, 6.07) is 8.36. The van der Waals surface area contributed by atoms with Crippen molar-refractivity contribution in [1.82, 2.24) is 9.88 Å². The van der Waals surface area contributed by atoms with Crippen LogP contribution in [0, 0.1) is 0 Å². The predicted molar refractivity (Wildman–Crippen MR) is 80.9 cm³/mol. The SMILES string of the molecule is O=C(c1cccs1)N1CCC[C@@H]1CCc1ccncc1. The Kier molecular flexibility index (Phi) is 4.11. The minimum absolute atomic E-state index is 0.206. The van der Waals surface area contributed by atoms with E-state index >= 15 is 0 Å². The highest BCUT2D eigenvalue weighted by Crippen LogP contribution is 2.25. The molecular weight excluding hydrogens is 268 g/mol. The standard InChI is InChI=1S/C16H18N2OS/c19-16(15-4-2-12-20-15)18-11-1-3-14(18)6-5-13-7-9-17-10-8-13/h2,4,7-10,12,14H,1,3,5-6,11H2/t14-/m1/s1. The summed E-state index contributed by atoms with van der Waals surface area (Å²) in [5, 5.41) is 1.97. The largest absolute Gasteiger partial charge is 0.335 e. The Labute approximate surface area is 123 Å². The molecule has 0 aromatic carbocycles. The first-order chi connectivity index (χ1) is 9.84. The molecule has 0 bridgehead atoms. The van der Waals surface area contributed by atoms with E-state index in [9.17, 15) is 4.79 Å². The van der Waals surface area contributed by atoms with Gasteiger partial charge in [-0.3, -0.25) is 9.78 Å². The van der Waals surface area contributed by atoms with E-state index in [1.165, 1.54) is 16.9 Å². The topological polar surface area (TPSA) is 33.2 Å². The molecule has 20 heavy (non-hydrogen) atoms. The molecule has 1 atom stereocenters. The molecule has 1 aliphatic heterocycles. The number of nitrogens with zero attached hydrogens (tertiary/aromatic N) is 2. The van der Waals surface area contributed by atoms with Gasteiger partial charge in [-0.2, -0.15) is 0 Å². The average molecular weight is 286 g/mol. The van der Waals surface area contributed by atoms with Gasteiger partial charge in [0.1, 0.15) is 0 Å². The van der Waals surface area contributed by atoms with Crippen LogP contribution in [0.25, 0.3) is 0 Å². The van der Waals surface area contributed by atoms with Crippen molar-refractivity contribution in [2.45, 2.75) is 31.7 Å². The van der Waals surface area contributed by atoms with Gasteiger partial charge >= 0.3 is 0 Å². The highest BCUT2D eigenvalue weighted by atomic mass is 32.1. The zero-order valence-electron chi connectivity index (χ0n) is 11.4. The Bertz CT molecular complexity index is 553. The Hall–Kier alpha value is -1.68. The monoisotopic (exact) mass is 286 g/mol. The number of carbonyl (C=O) groups is 1. The number of amides is 1. The van der Waals surface area contributed by atoms with Crippen molar-refractivity contribution >= 4 is 17.2 Å². The third kappa shape index (κ3) is 2.90. The molecule has 4 heteroatoms. The number of likely N-dealkylation sites (tertiary alicyclic amines) is 1. The Morgan fingerprint density at radius 3 is 2.95 bits per heavy atom. The Morgan fingerprint density at radius 1 is 1.35 bits per heavy atom. The number of hydrogen-bond acceptors (Lipinski definition) is 3. The molecule has 2 aromatic rings. The fraction of sp³-hybridized carbons (Fsp3) is 0.375. The van der Waals surface area contributed by atoms with E-state index in [1.807, 2.05) is 29.9 Å². The molecule has 3 nitrogen and oxygen atoms in total. The number of aryl methyl sites for hydroxylation is 1. The van der Waals surface area contributed by atoms with Crippen molar-refractivity contribution in [3.05, 3.63) is 52.5 Å². The van der Waals surface area contributed by atoms with Crippen LogP contribution in [0.5, 0.6) is 0 Å². The summed E-state index contributed by atoms with van der Waals surface area (Å²) in [5.41, 5.74) is 1.30. The molecule has 3 heterocycles. The molecule has 0 saturated carbocycles. The maximum atomic E-state index is 12.5. The lowest BCUT2D eigenvalue weighted by Crippen LogP contribution is -2.35. The lowest BCUT2D eigenvalue weighted by Gasteiger charge is -2.24. The smallest absolute Gasteiger partial charge is 0.264 e. The summed E-state index contributed by atoms with van der Waals surface area (Å²) in [7, 11) is 0. The molecule has 0 radical (unpaired) electrons. The third-order valence-corrected chi connectivity index (χ3v) is 4.74. The maximum Gasteiger partial charge on any atom is 0.264 e. The van der Waals surface area contributed by atoms with Crippen LogP contribution in [-0.2, 0) is 6.42 Å². The van der Waals surface area contributed by atoms with Crippen LogP contribution in [0.2, 0.25) is 0 Å². The second kappa shape index (κ2) is 6.18. The van der Waals surface area contributed by atoms with E-state index in [0.29, 0.717) is 6.04 Å². The molecule has 2 aromatic heterocycles. The molecule has 0 N–H and O–H groups in total. The average Bonchev–Trinajstić information content (AvgIpc) is 3.17. The number of thiophene rings is 1. The Balaban J connectivity index is 1.63. The highest BCUT2D eigenvalue weighted by Gasteiger charge is 2.29. The van der Waals surface area contributed by atoms with E-state index in [-0.39, 0.29) is 5.91 Å². The Morgan fingerprint density at radius 2 is 2.20 bits per heavy atom. The van der Waals surface area contributed by atoms with Crippen molar-refractivity contribution in [3.63, 3.8) is 0 Å². The summed E-state index contributed by atoms with van der Waals surface area (Å²) in [6.07, 6.45) is 7.97. The first-order valence-electron chi connectivity index (χ1n) is 7.08. The van der Waals surface area contributed by atoms with Crippen LogP contribution in [0.4, 0.5) is 0 Å². The van der Waals surface area contributed by atoms with Gasteiger partial charge in [0.2, 0.25) is 0 Å². The minimum atomic E-state index is 0.206. The molecular formula is C16H18N2OS. The molecule has 0 aliphatic carbocycles. The molecule has 0 unspecified atom stereocenters. The molecule has 1 saturated heterocycles. The van der Waals surface area contributed by atoms with Gasteiger partial charge in [-0.25, -0.2) is 0 Å². The van der Waals surface area contributed by atoms with Gasteiger partial charge in [-0.1, -0.05) is 6.07 Å². The van der Waals surface area contributed by atoms with Crippen LogP contribution in [-0.4, -0.2) is 28.4 Å². The van der Waals surface area contributed by atoms with Gasteiger partial charge < -0.3 is 4.90 Å². The normalized spacial score (nSPS) is 18.4. The van der Waals surface area contributed by atoms with Gasteiger partial charge in [-0.15, -0.1) is 11.3 Å². The van der Waals surface area contributed by atoms with Crippen LogP contribution in [0.1, 0.15) is 34.5 Å². The molecule has 1 fully saturated rings. The molecule has 1 amide bonds. The van der Waals surface area contributed by atoms with E-state index in [4.69, 9.17) is 0 Å². The van der Waals surface area contributed by atoms with E-state index in [0.717, 1.165) is 37.1 Å². The minimum Gasteiger partial charge on any atom is -0.335 e. The van der Waals surface area contributed by atoms with Crippen LogP contribution in [0.3, 0.4) is 0 Å². The van der Waals surface area contributed by atoms with Crippen molar-refractivity contribution in [2.24, 2.45) is 0 Å². The number of pyridine rings is 1. The predicted octanol–water partition coefficient (Wildman–Crippen LogP) is 3.38. The van der Waals surface area contributed by atoms with E-state index < -0.39 is 0 Å². The third-order valence-electron chi connectivity index (χ3n) is 3.89. The van der Waals surface area contributed by atoms with Crippen LogP contribution >= 0.6 is 11.3 Å².